The van der Waals surface area contributed by atoms with Gasteiger partial charge in [0.1, 0.15) is 17.8 Å². The van der Waals surface area contributed by atoms with E-state index in [0.717, 1.165) is 25.9 Å². The average Bonchev–Trinajstić information content (AvgIpc) is 2.90. The summed E-state index contributed by atoms with van der Waals surface area (Å²) in [6, 6.07) is 6.35. The predicted molar refractivity (Wildman–Crippen MR) is 64.0 cm³/mol. The van der Waals surface area contributed by atoms with Gasteiger partial charge in [-0.3, -0.25) is 10.1 Å². The van der Waals surface area contributed by atoms with Crippen molar-refractivity contribution in [1.82, 2.24) is 0 Å². The molecule has 0 amide bonds. The highest BCUT2D eigenvalue weighted by Gasteiger charge is 2.24. The fourth-order valence-electron chi connectivity index (χ4n) is 2.12. The predicted octanol–water partition coefficient (Wildman–Crippen LogP) is 1.94. The van der Waals surface area contributed by atoms with Crippen molar-refractivity contribution >= 4 is 11.4 Å². The second-order valence-electron chi connectivity index (χ2n) is 4.06. The Morgan fingerprint density at radius 1 is 1.17 bits per heavy atom. The first kappa shape index (κ1) is 11.9. The molecular weight excluding hydrogens is 232 g/mol. The van der Waals surface area contributed by atoms with Crippen molar-refractivity contribution in [3.63, 3.8) is 0 Å². The zero-order valence-corrected chi connectivity index (χ0v) is 9.59. The molecule has 0 radical (unpaired) electrons. The lowest BCUT2D eigenvalue weighted by atomic mass is 10.1. The summed E-state index contributed by atoms with van der Waals surface area (Å²) in [5, 5.41) is 28.9. The molecule has 1 fully saturated rings. The van der Waals surface area contributed by atoms with Gasteiger partial charge in [0.25, 0.3) is 5.69 Å². The Morgan fingerprint density at radius 2 is 1.72 bits per heavy atom. The highest BCUT2D eigenvalue weighted by atomic mass is 16.6. The number of nitro benzene ring substituents is 1. The highest BCUT2D eigenvalue weighted by Crippen LogP contribution is 2.33. The van der Waals surface area contributed by atoms with Crippen molar-refractivity contribution in [2.75, 3.05) is 18.0 Å². The van der Waals surface area contributed by atoms with Crippen LogP contribution in [0.3, 0.4) is 0 Å². The van der Waals surface area contributed by atoms with Gasteiger partial charge in [-0.05, 0) is 18.9 Å². The minimum atomic E-state index is -0.504. The number of rotatable bonds is 2. The topological polar surface area (TPSA) is 94.0 Å². The molecule has 2 rings (SSSR count). The van der Waals surface area contributed by atoms with E-state index in [-0.39, 0.29) is 16.8 Å². The summed E-state index contributed by atoms with van der Waals surface area (Å²) in [7, 11) is 0. The largest absolute Gasteiger partial charge is 0.366 e. The molecule has 0 spiro atoms. The first-order chi connectivity index (χ1) is 8.67. The van der Waals surface area contributed by atoms with Crippen molar-refractivity contribution in [3.8, 4) is 12.1 Å². The van der Waals surface area contributed by atoms with E-state index in [9.17, 15) is 10.1 Å². The number of benzene rings is 1. The summed E-state index contributed by atoms with van der Waals surface area (Å²) in [5.41, 5.74) is 0.567. The third kappa shape index (κ3) is 1.96. The summed E-state index contributed by atoms with van der Waals surface area (Å²) in [5.74, 6) is 0. The molecule has 0 N–H and O–H groups in total. The van der Waals surface area contributed by atoms with Crippen molar-refractivity contribution in [1.29, 1.82) is 10.5 Å². The molecule has 1 saturated heterocycles. The Morgan fingerprint density at radius 3 is 2.22 bits per heavy atom. The standard InChI is InChI=1S/C12H10N4O2/c13-7-9-5-11(15-3-1-2-4-15)12(16(17)18)6-10(9)8-14/h5-6H,1-4H2. The summed E-state index contributed by atoms with van der Waals surface area (Å²) < 4.78 is 0. The second kappa shape index (κ2) is 4.72. The monoisotopic (exact) mass is 242 g/mol. The molecule has 1 aromatic carbocycles. The maximum atomic E-state index is 11.0. The van der Waals surface area contributed by atoms with Crippen LogP contribution in [-0.2, 0) is 0 Å². The van der Waals surface area contributed by atoms with Crippen LogP contribution < -0.4 is 4.90 Å². The molecule has 1 heterocycles. The van der Waals surface area contributed by atoms with E-state index in [4.69, 9.17) is 10.5 Å². The van der Waals surface area contributed by atoms with Crippen molar-refractivity contribution in [2.24, 2.45) is 0 Å². The van der Waals surface area contributed by atoms with Gasteiger partial charge in [0.15, 0.2) is 0 Å². The van der Waals surface area contributed by atoms with Crippen LogP contribution >= 0.6 is 0 Å². The van der Waals surface area contributed by atoms with Crippen LogP contribution in [0.5, 0.6) is 0 Å². The van der Waals surface area contributed by atoms with E-state index < -0.39 is 4.92 Å². The fourth-order valence-corrected chi connectivity index (χ4v) is 2.12. The van der Waals surface area contributed by atoms with Gasteiger partial charge in [-0.25, -0.2) is 0 Å². The van der Waals surface area contributed by atoms with Crippen molar-refractivity contribution in [3.05, 3.63) is 33.4 Å². The molecule has 0 bridgehead atoms. The van der Waals surface area contributed by atoms with Gasteiger partial charge in [-0.2, -0.15) is 10.5 Å². The lowest BCUT2D eigenvalue weighted by Gasteiger charge is -2.17. The van der Waals surface area contributed by atoms with Gasteiger partial charge >= 0.3 is 0 Å². The Labute approximate surface area is 104 Å². The quantitative estimate of drug-likeness (QED) is 0.583. The third-order valence-corrected chi connectivity index (χ3v) is 3.00. The molecule has 0 aromatic heterocycles. The smallest absolute Gasteiger partial charge is 0.293 e. The Bertz CT molecular complexity index is 577. The molecule has 6 heteroatoms. The van der Waals surface area contributed by atoms with E-state index in [1.807, 2.05) is 17.0 Å². The summed E-state index contributed by atoms with van der Waals surface area (Å²) >= 11 is 0. The average molecular weight is 242 g/mol. The minimum Gasteiger partial charge on any atom is -0.366 e. The van der Waals surface area contributed by atoms with Crippen molar-refractivity contribution < 1.29 is 4.92 Å². The van der Waals surface area contributed by atoms with Gasteiger partial charge in [-0.15, -0.1) is 0 Å². The molecule has 1 aliphatic heterocycles. The normalized spacial score (nSPS) is 14.0. The number of nitrogens with zero attached hydrogens (tertiary/aromatic N) is 4. The van der Waals surface area contributed by atoms with Crippen LogP contribution in [0.2, 0.25) is 0 Å². The van der Waals surface area contributed by atoms with Crippen molar-refractivity contribution in [2.45, 2.75) is 12.8 Å². The van der Waals surface area contributed by atoms with Gasteiger partial charge in [0.05, 0.1) is 16.1 Å². The third-order valence-electron chi connectivity index (χ3n) is 3.00. The molecule has 1 aliphatic rings. The van der Waals surface area contributed by atoms with Gasteiger partial charge in [0.2, 0.25) is 0 Å². The summed E-state index contributed by atoms with van der Waals surface area (Å²) in [4.78, 5) is 12.4. The summed E-state index contributed by atoms with van der Waals surface area (Å²) in [6.07, 6.45) is 1.97. The maximum absolute atomic E-state index is 11.0. The molecule has 0 atom stereocenters. The number of nitro groups is 1. The first-order valence-electron chi connectivity index (χ1n) is 5.55. The molecule has 90 valence electrons. The number of hydrogen-bond acceptors (Lipinski definition) is 5. The number of anilines is 1. The minimum absolute atomic E-state index is 0.0483. The van der Waals surface area contributed by atoms with Gasteiger partial charge in [-0.1, -0.05) is 0 Å². The van der Waals surface area contributed by atoms with Gasteiger partial charge in [0, 0.05) is 19.2 Å². The van der Waals surface area contributed by atoms with Crippen LogP contribution in [-0.4, -0.2) is 18.0 Å². The second-order valence-corrected chi connectivity index (χ2v) is 4.06. The zero-order chi connectivity index (χ0) is 13.1. The molecule has 1 aromatic rings. The molecular formula is C12H10N4O2. The SMILES string of the molecule is N#Cc1cc(N2CCCC2)c([N+](=O)[O-])cc1C#N. The molecule has 0 aliphatic carbocycles. The van der Waals surface area contributed by atoms with Crippen LogP contribution in [0.15, 0.2) is 12.1 Å². The molecule has 0 saturated carbocycles. The van der Waals surface area contributed by atoms with Gasteiger partial charge < -0.3 is 4.90 Å². The maximum Gasteiger partial charge on any atom is 0.293 e. The number of nitriles is 2. The van der Waals surface area contributed by atoms with E-state index in [2.05, 4.69) is 0 Å². The van der Waals surface area contributed by atoms with E-state index in [0.29, 0.717) is 5.69 Å². The molecule has 6 nitrogen and oxygen atoms in total. The first-order valence-corrected chi connectivity index (χ1v) is 5.55. The van der Waals surface area contributed by atoms with Crippen LogP contribution in [0.4, 0.5) is 11.4 Å². The highest BCUT2D eigenvalue weighted by molar-refractivity contribution is 5.70. The van der Waals surface area contributed by atoms with E-state index in [1.54, 1.807) is 0 Å². The lowest BCUT2D eigenvalue weighted by Crippen LogP contribution is -2.19. The van der Waals surface area contributed by atoms with Crippen LogP contribution in [0.1, 0.15) is 24.0 Å². The van der Waals surface area contributed by atoms with E-state index in [1.165, 1.54) is 12.1 Å². The van der Waals surface area contributed by atoms with Crippen LogP contribution in [0.25, 0.3) is 0 Å². The van der Waals surface area contributed by atoms with E-state index >= 15 is 0 Å². The number of hydrogen-bond donors (Lipinski definition) is 0. The fraction of sp³-hybridized carbons (Fsp3) is 0.333. The zero-order valence-electron chi connectivity index (χ0n) is 9.59. The Kier molecular flexibility index (Phi) is 3.11. The Hall–Kier alpha value is -2.60. The lowest BCUT2D eigenvalue weighted by molar-refractivity contribution is -0.384. The Balaban J connectivity index is 2.59. The summed E-state index contributed by atoms with van der Waals surface area (Å²) in [6.45, 7) is 1.50. The van der Waals surface area contributed by atoms with Crippen LogP contribution in [0, 0.1) is 32.8 Å². The molecule has 18 heavy (non-hydrogen) atoms. The molecule has 0 unspecified atom stereocenters.